The second kappa shape index (κ2) is 7.78. The number of thioether (sulfide) groups is 1. The van der Waals surface area contributed by atoms with E-state index in [1.54, 1.807) is 11.8 Å². The molecule has 0 aliphatic carbocycles. The van der Waals surface area contributed by atoms with Crippen molar-refractivity contribution in [1.82, 2.24) is 10.6 Å². The van der Waals surface area contributed by atoms with Gasteiger partial charge in [0.05, 0.1) is 0 Å². The lowest BCUT2D eigenvalue weighted by Gasteiger charge is -2.21. The average molecular weight is 299 g/mol. The van der Waals surface area contributed by atoms with Crippen LogP contribution in [0.4, 0.5) is 0 Å². The zero-order valence-corrected chi connectivity index (χ0v) is 12.4. The van der Waals surface area contributed by atoms with Crippen molar-refractivity contribution in [3.63, 3.8) is 0 Å². The molecule has 0 spiro atoms. The number of halogens is 1. The lowest BCUT2D eigenvalue weighted by molar-refractivity contribution is -0.125. The van der Waals surface area contributed by atoms with Gasteiger partial charge >= 0.3 is 0 Å². The minimum absolute atomic E-state index is 0.196. The highest BCUT2D eigenvalue weighted by Crippen LogP contribution is 2.19. The molecule has 0 unspecified atom stereocenters. The summed E-state index contributed by atoms with van der Waals surface area (Å²) in [6.45, 7) is 2.63. The van der Waals surface area contributed by atoms with E-state index in [1.165, 1.54) is 4.90 Å². The average Bonchev–Trinajstić information content (AvgIpc) is 2.46. The van der Waals surface area contributed by atoms with E-state index in [0.717, 1.165) is 43.3 Å². The molecule has 1 heterocycles. The smallest absolute Gasteiger partial charge is 0.223 e. The van der Waals surface area contributed by atoms with Crippen molar-refractivity contribution in [1.29, 1.82) is 0 Å². The summed E-state index contributed by atoms with van der Waals surface area (Å²) in [5.74, 6) is 1.29. The Kier molecular flexibility index (Phi) is 6.01. The Labute approximate surface area is 123 Å². The van der Waals surface area contributed by atoms with E-state index in [9.17, 15) is 4.79 Å². The summed E-state index contributed by atoms with van der Waals surface area (Å²) in [5.41, 5.74) is 0. The molecule has 5 heteroatoms. The number of carbonyl (C=O) groups excluding carboxylic acids is 1. The summed E-state index contributed by atoms with van der Waals surface area (Å²) in [7, 11) is 0. The van der Waals surface area contributed by atoms with Crippen LogP contribution in [0.25, 0.3) is 0 Å². The number of hydrogen-bond donors (Lipinski definition) is 2. The van der Waals surface area contributed by atoms with Crippen molar-refractivity contribution in [3.05, 3.63) is 29.3 Å². The zero-order valence-electron chi connectivity index (χ0n) is 10.8. The Morgan fingerprint density at radius 3 is 2.68 bits per heavy atom. The van der Waals surface area contributed by atoms with Crippen LogP contribution in [-0.2, 0) is 4.79 Å². The number of amides is 1. The highest BCUT2D eigenvalue weighted by Gasteiger charge is 2.19. The molecule has 3 nitrogen and oxygen atoms in total. The Hall–Kier alpha value is -0.710. The van der Waals surface area contributed by atoms with E-state index in [2.05, 4.69) is 10.6 Å². The molecule has 1 aromatic carbocycles. The van der Waals surface area contributed by atoms with Gasteiger partial charge in [-0.05, 0) is 50.2 Å². The fourth-order valence-corrected chi connectivity index (χ4v) is 3.00. The van der Waals surface area contributed by atoms with Crippen LogP contribution in [0.2, 0.25) is 5.02 Å². The van der Waals surface area contributed by atoms with E-state index < -0.39 is 0 Å². The minimum atomic E-state index is 0.196. The molecule has 1 saturated heterocycles. The fraction of sp³-hybridized carbons (Fsp3) is 0.500. The molecule has 1 aliphatic heterocycles. The maximum atomic E-state index is 11.9. The Morgan fingerprint density at radius 1 is 1.32 bits per heavy atom. The number of benzene rings is 1. The molecule has 0 radical (unpaired) electrons. The molecule has 104 valence electrons. The number of nitrogens with one attached hydrogen (secondary N) is 2. The van der Waals surface area contributed by atoms with E-state index in [4.69, 9.17) is 11.6 Å². The molecule has 1 amide bonds. The Balaban J connectivity index is 1.63. The number of piperidine rings is 1. The Bertz CT molecular complexity index is 404. The maximum absolute atomic E-state index is 11.9. The summed E-state index contributed by atoms with van der Waals surface area (Å²) in [6.07, 6.45) is 1.91. The molecule has 0 aromatic heterocycles. The second-order valence-electron chi connectivity index (χ2n) is 4.62. The van der Waals surface area contributed by atoms with Crippen LogP contribution < -0.4 is 10.6 Å². The largest absolute Gasteiger partial charge is 0.355 e. The van der Waals surface area contributed by atoms with Gasteiger partial charge in [-0.25, -0.2) is 0 Å². The van der Waals surface area contributed by atoms with Crippen LogP contribution in [0.5, 0.6) is 0 Å². The van der Waals surface area contributed by atoms with Gasteiger partial charge in [-0.2, -0.15) is 0 Å². The van der Waals surface area contributed by atoms with Gasteiger partial charge in [-0.3, -0.25) is 4.79 Å². The van der Waals surface area contributed by atoms with Crippen LogP contribution >= 0.6 is 23.4 Å². The molecule has 2 N–H and O–H groups in total. The first-order valence-electron chi connectivity index (χ1n) is 6.62. The van der Waals surface area contributed by atoms with Gasteiger partial charge in [0.15, 0.2) is 0 Å². The molecule has 0 saturated carbocycles. The van der Waals surface area contributed by atoms with Crippen LogP contribution in [-0.4, -0.2) is 31.3 Å². The summed E-state index contributed by atoms with van der Waals surface area (Å²) in [4.78, 5) is 13.1. The van der Waals surface area contributed by atoms with Gasteiger partial charge in [0.2, 0.25) is 5.91 Å². The maximum Gasteiger partial charge on any atom is 0.223 e. The monoisotopic (exact) mass is 298 g/mol. The van der Waals surface area contributed by atoms with Gasteiger partial charge in [0, 0.05) is 28.1 Å². The molecule has 19 heavy (non-hydrogen) atoms. The summed E-state index contributed by atoms with van der Waals surface area (Å²) in [5, 5.41) is 7.04. The quantitative estimate of drug-likeness (QED) is 0.648. The van der Waals surface area contributed by atoms with Crippen LogP contribution in [0.1, 0.15) is 12.8 Å². The number of hydrogen-bond acceptors (Lipinski definition) is 3. The molecule has 1 aromatic rings. The third-order valence-electron chi connectivity index (χ3n) is 3.19. The first kappa shape index (κ1) is 14.7. The van der Waals surface area contributed by atoms with Crippen molar-refractivity contribution in [2.24, 2.45) is 5.92 Å². The first-order chi connectivity index (χ1) is 9.25. The summed E-state index contributed by atoms with van der Waals surface area (Å²) >= 11 is 7.56. The lowest BCUT2D eigenvalue weighted by Crippen LogP contribution is -2.38. The zero-order chi connectivity index (χ0) is 13.5. The van der Waals surface area contributed by atoms with Gasteiger partial charge in [-0.1, -0.05) is 11.6 Å². The third-order valence-corrected chi connectivity index (χ3v) is 4.46. The highest BCUT2D eigenvalue weighted by molar-refractivity contribution is 7.99. The molecule has 0 bridgehead atoms. The van der Waals surface area contributed by atoms with Crippen LogP contribution in [0.15, 0.2) is 29.2 Å². The topological polar surface area (TPSA) is 41.1 Å². The van der Waals surface area contributed by atoms with Crippen molar-refractivity contribution in [2.75, 3.05) is 25.4 Å². The minimum Gasteiger partial charge on any atom is -0.355 e. The van der Waals surface area contributed by atoms with E-state index in [0.29, 0.717) is 0 Å². The molecule has 2 rings (SSSR count). The second-order valence-corrected chi connectivity index (χ2v) is 6.22. The molecular weight excluding hydrogens is 280 g/mol. The van der Waals surface area contributed by atoms with Crippen molar-refractivity contribution < 1.29 is 4.79 Å². The van der Waals surface area contributed by atoms with Crippen molar-refractivity contribution in [2.45, 2.75) is 17.7 Å². The van der Waals surface area contributed by atoms with Crippen LogP contribution in [0, 0.1) is 5.92 Å². The van der Waals surface area contributed by atoms with Crippen LogP contribution in [0.3, 0.4) is 0 Å². The third kappa shape index (κ3) is 5.05. The molecule has 1 fully saturated rings. The van der Waals surface area contributed by atoms with Gasteiger partial charge in [-0.15, -0.1) is 11.8 Å². The standard InChI is InChI=1S/C14H19ClN2OS/c15-12-1-3-13(4-2-12)19-10-9-17-14(18)11-5-7-16-8-6-11/h1-4,11,16H,5-10H2,(H,17,18). The summed E-state index contributed by atoms with van der Waals surface area (Å²) < 4.78 is 0. The normalized spacial score (nSPS) is 16.3. The predicted octanol–water partition coefficient (Wildman–Crippen LogP) is 2.55. The molecular formula is C14H19ClN2OS. The lowest BCUT2D eigenvalue weighted by atomic mass is 9.97. The van der Waals surface area contributed by atoms with Gasteiger partial charge < -0.3 is 10.6 Å². The van der Waals surface area contributed by atoms with Crippen molar-refractivity contribution >= 4 is 29.3 Å². The van der Waals surface area contributed by atoms with E-state index in [-0.39, 0.29) is 11.8 Å². The van der Waals surface area contributed by atoms with E-state index in [1.807, 2.05) is 24.3 Å². The first-order valence-corrected chi connectivity index (χ1v) is 7.99. The number of rotatable bonds is 5. The van der Waals surface area contributed by atoms with E-state index >= 15 is 0 Å². The summed E-state index contributed by atoms with van der Waals surface area (Å²) in [6, 6.07) is 7.78. The van der Waals surface area contributed by atoms with Crippen molar-refractivity contribution in [3.8, 4) is 0 Å². The van der Waals surface area contributed by atoms with Gasteiger partial charge in [0.25, 0.3) is 0 Å². The SMILES string of the molecule is O=C(NCCSc1ccc(Cl)cc1)C1CCNCC1. The fourth-order valence-electron chi connectivity index (χ4n) is 2.10. The number of carbonyl (C=O) groups is 1. The molecule has 1 aliphatic rings. The molecule has 0 atom stereocenters. The highest BCUT2D eigenvalue weighted by atomic mass is 35.5. The Morgan fingerprint density at radius 2 is 2.00 bits per heavy atom. The van der Waals surface area contributed by atoms with Gasteiger partial charge in [0.1, 0.15) is 0 Å². The predicted molar refractivity (Wildman–Crippen MR) is 80.8 cm³/mol.